The maximum atomic E-state index is 13.3. The highest BCUT2D eigenvalue weighted by atomic mass is 16.6. The molecule has 1 fully saturated rings. The van der Waals surface area contributed by atoms with Gasteiger partial charge >= 0.3 is 0 Å². The molecule has 27 heavy (non-hydrogen) atoms. The van der Waals surface area contributed by atoms with E-state index in [1.54, 1.807) is 7.11 Å². The van der Waals surface area contributed by atoms with Crippen LogP contribution in [0.3, 0.4) is 0 Å². The lowest BCUT2D eigenvalue weighted by Gasteiger charge is -2.35. The summed E-state index contributed by atoms with van der Waals surface area (Å²) in [5.74, 6) is 2.17. The number of nitrogens with zero attached hydrogens (tertiary/aromatic N) is 1. The first-order valence-electron chi connectivity index (χ1n) is 9.59. The molecular weight excluding hydrogens is 342 g/mol. The highest BCUT2D eigenvalue weighted by molar-refractivity contribution is 5.82. The van der Waals surface area contributed by atoms with Crippen LogP contribution in [-0.2, 0) is 4.79 Å². The molecule has 0 N–H and O–H groups in total. The molecule has 2 unspecified atom stereocenters. The van der Waals surface area contributed by atoms with Crippen LogP contribution >= 0.6 is 0 Å². The van der Waals surface area contributed by atoms with Crippen LogP contribution in [-0.4, -0.2) is 37.2 Å². The van der Waals surface area contributed by atoms with Gasteiger partial charge in [0.25, 0.3) is 5.91 Å². The maximum absolute atomic E-state index is 13.3. The van der Waals surface area contributed by atoms with Crippen molar-refractivity contribution < 1.29 is 19.0 Å². The Morgan fingerprint density at radius 3 is 2.59 bits per heavy atom. The quantitative estimate of drug-likeness (QED) is 0.823. The van der Waals surface area contributed by atoms with Gasteiger partial charge in [-0.3, -0.25) is 4.79 Å². The van der Waals surface area contributed by atoms with Crippen molar-refractivity contribution in [1.82, 2.24) is 4.90 Å². The monoisotopic (exact) mass is 367 g/mol. The Balaban J connectivity index is 1.56. The fraction of sp³-hybridized carbons (Fsp3) is 0.409. The van der Waals surface area contributed by atoms with E-state index in [1.807, 2.05) is 41.3 Å². The van der Waals surface area contributed by atoms with Crippen LogP contribution in [0.25, 0.3) is 0 Å². The zero-order valence-electron chi connectivity index (χ0n) is 15.6. The van der Waals surface area contributed by atoms with Crippen molar-refractivity contribution in [3.05, 3.63) is 54.1 Å². The van der Waals surface area contributed by atoms with E-state index < -0.39 is 6.10 Å². The highest BCUT2D eigenvalue weighted by Crippen LogP contribution is 2.35. The van der Waals surface area contributed by atoms with Crippen LogP contribution in [0.2, 0.25) is 0 Å². The summed E-state index contributed by atoms with van der Waals surface area (Å²) in [4.78, 5) is 15.3. The molecule has 5 nitrogen and oxygen atoms in total. The van der Waals surface area contributed by atoms with E-state index in [1.165, 1.54) is 0 Å². The van der Waals surface area contributed by atoms with E-state index >= 15 is 0 Å². The SMILES string of the molecule is COc1ccc(C2CCCCCN2C(=O)C2COc3ccccc3O2)cc1. The van der Waals surface area contributed by atoms with Crippen molar-refractivity contribution >= 4 is 5.91 Å². The molecule has 2 aromatic rings. The van der Waals surface area contributed by atoms with Crippen molar-refractivity contribution in [3.8, 4) is 17.2 Å². The van der Waals surface area contributed by atoms with Gasteiger partial charge in [0.15, 0.2) is 11.5 Å². The minimum Gasteiger partial charge on any atom is -0.497 e. The standard InChI is InChI=1S/C22H25NO4/c1-25-17-12-10-16(11-13-17)18-7-3-2-6-14-23(18)22(24)21-15-26-19-8-4-5-9-20(19)27-21/h4-5,8-13,18,21H,2-3,6-7,14-15H2,1H3. The zero-order chi connectivity index (χ0) is 18.6. The summed E-state index contributed by atoms with van der Waals surface area (Å²) in [5, 5.41) is 0. The van der Waals surface area contributed by atoms with Gasteiger partial charge in [0.1, 0.15) is 12.4 Å². The molecule has 5 heteroatoms. The van der Waals surface area contributed by atoms with Crippen LogP contribution in [0, 0.1) is 0 Å². The molecule has 0 saturated carbocycles. The number of rotatable bonds is 3. The largest absolute Gasteiger partial charge is 0.497 e. The van der Waals surface area contributed by atoms with Gasteiger partial charge < -0.3 is 19.1 Å². The average Bonchev–Trinajstić information content (AvgIpc) is 2.99. The molecule has 0 aliphatic carbocycles. The summed E-state index contributed by atoms with van der Waals surface area (Å²) in [6.45, 7) is 0.999. The van der Waals surface area contributed by atoms with Crippen LogP contribution < -0.4 is 14.2 Å². The number of fused-ring (bicyclic) bond motifs is 1. The topological polar surface area (TPSA) is 48.0 Å². The zero-order valence-corrected chi connectivity index (χ0v) is 15.6. The van der Waals surface area contributed by atoms with Gasteiger partial charge in [-0.05, 0) is 42.7 Å². The highest BCUT2D eigenvalue weighted by Gasteiger charge is 2.35. The van der Waals surface area contributed by atoms with Gasteiger partial charge in [0, 0.05) is 6.54 Å². The Bertz CT molecular complexity index is 789. The fourth-order valence-electron chi connectivity index (χ4n) is 3.87. The lowest BCUT2D eigenvalue weighted by Crippen LogP contribution is -2.47. The number of methoxy groups -OCH3 is 1. The van der Waals surface area contributed by atoms with Gasteiger partial charge in [-0.2, -0.15) is 0 Å². The molecule has 4 rings (SSSR count). The summed E-state index contributed by atoms with van der Waals surface area (Å²) in [6, 6.07) is 15.6. The normalized spacial score (nSPS) is 22.0. The minimum atomic E-state index is -0.598. The molecule has 0 bridgehead atoms. The summed E-state index contributed by atoms with van der Waals surface area (Å²) in [7, 11) is 1.66. The first-order chi connectivity index (χ1) is 13.3. The smallest absolute Gasteiger partial charge is 0.267 e. The molecule has 1 saturated heterocycles. The Kier molecular flexibility index (Phi) is 5.19. The Labute approximate surface area is 159 Å². The molecule has 2 aliphatic heterocycles. The predicted molar refractivity (Wildman–Crippen MR) is 102 cm³/mol. The van der Waals surface area contributed by atoms with Gasteiger partial charge in [-0.1, -0.05) is 37.1 Å². The van der Waals surface area contributed by atoms with Crippen LogP contribution in [0.15, 0.2) is 48.5 Å². The average molecular weight is 367 g/mol. The molecule has 2 aliphatic rings. The molecule has 142 valence electrons. The number of amides is 1. The second-order valence-electron chi connectivity index (χ2n) is 7.03. The Hall–Kier alpha value is -2.69. The van der Waals surface area contributed by atoms with Gasteiger partial charge in [-0.25, -0.2) is 0 Å². The molecule has 1 amide bonds. The van der Waals surface area contributed by atoms with Crippen molar-refractivity contribution in [2.45, 2.75) is 37.8 Å². The second kappa shape index (κ2) is 7.91. The first-order valence-corrected chi connectivity index (χ1v) is 9.59. The van der Waals surface area contributed by atoms with Crippen molar-refractivity contribution in [2.24, 2.45) is 0 Å². The van der Waals surface area contributed by atoms with Crippen LogP contribution in [0.1, 0.15) is 37.3 Å². The summed E-state index contributed by atoms with van der Waals surface area (Å²) in [5.41, 5.74) is 1.14. The molecule has 2 atom stereocenters. The van der Waals surface area contributed by atoms with Gasteiger partial charge in [-0.15, -0.1) is 0 Å². The van der Waals surface area contributed by atoms with Crippen molar-refractivity contribution in [3.63, 3.8) is 0 Å². The number of benzene rings is 2. The molecule has 0 spiro atoms. The summed E-state index contributed by atoms with van der Waals surface area (Å²) < 4.78 is 17.0. The third-order valence-corrected chi connectivity index (χ3v) is 5.32. The lowest BCUT2D eigenvalue weighted by atomic mass is 10.00. The van der Waals surface area contributed by atoms with Gasteiger partial charge in [0.05, 0.1) is 13.2 Å². The van der Waals surface area contributed by atoms with E-state index in [4.69, 9.17) is 14.2 Å². The number of likely N-dealkylation sites (tertiary alicyclic amines) is 1. The number of ether oxygens (including phenoxy) is 3. The predicted octanol–water partition coefficient (Wildman–Crippen LogP) is 3.98. The third-order valence-electron chi connectivity index (χ3n) is 5.32. The molecule has 0 radical (unpaired) electrons. The molecule has 0 aromatic heterocycles. The Morgan fingerprint density at radius 2 is 1.81 bits per heavy atom. The second-order valence-corrected chi connectivity index (χ2v) is 7.03. The summed E-state index contributed by atoms with van der Waals surface area (Å²) in [6.07, 6.45) is 3.64. The number of carbonyl (C=O) groups excluding carboxylic acids is 1. The van der Waals surface area contributed by atoms with E-state index in [-0.39, 0.29) is 18.6 Å². The Morgan fingerprint density at radius 1 is 1.04 bits per heavy atom. The van der Waals surface area contributed by atoms with Crippen molar-refractivity contribution in [2.75, 3.05) is 20.3 Å². The van der Waals surface area contributed by atoms with E-state index in [2.05, 4.69) is 12.1 Å². The van der Waals surface area contributed by atoms with Crippen LogP contribution in [0.4, 0.5) is 0 Å². The number of para-hydroxylation sites is 2. The molecular formula is C22H25NO4. The minimum absolute atomic E-state index is 0.00669. The van der Waals surface area contributed by atoms with Crippen molar-refractivity contribution in [1.29, 1.82) is 0 Å². The third kappa shape index (κ3) is 3.72. The van der Waals surface area contributed by atoms with E-state index in [9.17, 15) is 4.79 Å². The maximum Gasteiger partial charge on any atom is 0.267 e. The number of hydrogen-bond donors (Lipinski definition) is 0. The van der Waals surface area contributed by atoms with Crippen LogP contribution in [0.5, 0.6) is 17.2 Å². The fourth-order valence-corrected chi connectivity index (χ4v) is 3.87. The molecule has 2 heterocycles. The lowest BCUT2D eigenvalue weighted by molar-refractivity contribution is -0.143. The van der Waals surface area contributed by atoms with Gasteiger partial charge in [0.2, 0.25) is 6.10 Å². The first kappa shape index (κ1) is 17.7. The van der Waals surface area contributed by atoms with E-state index in [0.717, 1.165) is 43.5 Å². The summed E-state index contributed by atoms with van der Waals surface area (Å²) >= 11 is 0. The number of carbonyl (C=O) groups is 1. The molecule has 2 aromatic carbocycles. The van der Waals surface area contributed by atoms with E-state index in [0.29, 0.717) is 11.5 Å². The number of hydrogen-bond acceptors (Lipinski definition) is 4.